The van der Waals surface area contributed by atoms with Gasteiger partial charge in [-0.25, -0.2) is 0 Å². The normalized spacial score (nSPS) is 14.8. The van der Waals surface area contributed by atoms with Gasteiger partial charge in [0.05, 0.1) is 18.1 Å². The summed E-state index contributed by atoms with van der Waals surface area (Å²) in [5.74, 6) is -1.69. The number of nitrogens with one attached hydrogen (secondary N) is 2. The molecule has 0 aliphatic carbocycles. The number of carbonyl (C=O) groups is 4. The Bertz CT molecular complexity index is 868. The summed E-state index contributed by atoms with van der Waals surface area (Å²) in [5, 5.41) is 15.0. The van der Waals surface area contributed by atoms with E-state index in [9.17, 15) is 19.2 Å². The number of benzene rings is 1. The van der Waals surface area contributed by atoms with E-state index < -0.39 is 41.0 Å². The van der Waals surface area contributed by atoms with Crippen LogP contribution in [-0.2, 0) is 20.8 Å². The van der Waals surface area contributed by atoms with Gasteiger partial charge in [0.2, 0.25) is 5.91 Å². The molecular weight excluding hydrogens is 422 g/mol. The molecule has 33 heavy (non-hydrogen) atoms. The zero-order valence-electron chi connectivity index (χ0n) is 20.8. The minimum atomic E-state index is -0.977. The Kier molecular flexibility index (Phi) is 9.93. The van der Waals surface area contributed by atoms with Gasteiger partial charge < -0.3 is 26.3 Å². The summed E-state index contributed by atoms with van der Waals surface area (Å²) in [5.41, 5.74) is 7.16. The van der Waals surface area contributed by atoms with Crippen molar-refractivity contribution >= 4 is 23.9 Å². The number of Topliss-reactive ketones (excluding diaryl/α,β-unsaturated/α-hetero) is 1. The van der Waals surface area contributed by atoms with Crippen LogP contribution in [0.2, 0.25) is 0 Å². The van der Waals surface area contributed by atoms with E-state index in [1.54, 1.807) is 12.1 Å². The number of carbonyl (C=O) groups excluding carboxylic acids is 3. The SMILES string of the molecule is Cc1cccc(C(=O)[C@H](CCC(=O)O)NC(C)(C)C)c1C[C@H](N)C(=O)N[C@H](C=O)C(C)(C)C. The predicted molar refractivity (Wildman–Crippen MR) is 128 cm³/mol. The number of ketones is 1. The molecule has 0 aliphatic rings. The molecular formula is C25H39N3O5. The Labute approximate surface area is 196 Å². The molecule has 8 heteroatoms. The van der Waals surface area contributed by atoms with E-state index in [1.165, 1.54) is 0 Å². The van der Waals surface area contributed by atoms with Gasteiger partial charge in [-0.1, -0.05) is 39.0 Å². The molecule has 1 aromatic rings. The van der Waals surface area contributed by atoms with Gasteiger partial charge in [0.1, 0.15) is 6.29 Å². The second-order valence-corrected chi connectivity index (χ2v) is 10.6. The third-order valence-electron chi connectivity index (χ3n) is 5.37. The third kappa shape index (κ3) is 9.06. The molecule has 8 nitrogen and oxygen atoms in total. The van der Waals surface area contributed by atoms with Gasteiger partial charge in [-0.05, 0) is 57.1 Å². The zero-order chi connectivity index (χ0) is 25.6. The highest BCUT2D eigenvalue weighted by atomic mass is 16.4. The van der Waals surface area contributed by atoms with Crippen LogP contribution < -0.4 is 16.4 Å². The standard InChI is InChI=1S/C25H39N3O5/c1-15-9-8-10-16(22(32)19(11-12-21(30)31)28-25(5,6)7)17(15)13-18(26)23(33)27-20(14-29)24(2,3)4/h8-10,14,18-20,28H,11-13,26H2,1-7H3,(H,27,33)(H,30,31)/t18-,19-,20+/m0/s1. The summed E-state index contributed by atoms with van der Waals surface area (Å²) in [6.07, 6.45) is 0.787. The van der Waals surface area contributed by atoms with Crippen molar-refractivity contribution in [1.29, 1.82) is 0 Å². The van der Waals surface area contributed by atoms with Crippen LogP contribution in [0.4, 0.5) is 0 Å². The highest BCUT2D eigenvalue weighted by Gasteiger charge is 2.30. The number of aldehydes is 1. The van der Waals surface area contributed by atoms with Gasteiger partial charge in [-0.15, -0.1) is 0 Å². The van der Waals surface area contributed by atoms with Crippen molar-refractivity contribution in [3.05, 3.63) is 34.9 Å². The van der Waals surface area contributed by atoms with Crippen LogP contribution in [0.5, 0.6) is 0 Å². The van der Waals surface area contributed by atoms with Crippen molar-refractivity contribution in [2.75, 3.05) is 0 Å². The van der Waals surface area contributed by atoms with Crippen LogP contribution in [0.15, 0.2) is 18.2 Å². The summed E-state index contributed by atoms with van der Waals surface area (Å²) < 4.78 is 0. The van der Waals surface area contributed by atoms with E-state index in [4.69, 9.17) is 10.8 Å². The van der Waals surface area contributed by atoms with E-state index in [2.05, 4.69) is 10.6 Å². The first-order chi connectivity index (χ1) is 15.1. The van der Waals surface area contributed by atoms with E-state index >= 15 is 0 Å². The number of rotatable bonds is 11. The van der Waals surface area contributed by atoms with Crippen LogP contribution in [0.25, 0.3) is 0 Å². The van der Waals surface area contributed by atoms with Crippen LogP contribution in [0.3, 0.4) is 0 Å². The Morgan fingerprint density at radius 3 is 2.21 bits per heavy atom. The molecule has 3 atom stereocenters. The molecule has 5 N–H and O–H groups in total. The second-order valence-electron chi connectivity index (χ2n) is 10.6. The Morgan fingerprint density at radius 1 is 1.12 bits per heavy atom. The third-order valence-corrected chi connectivity index (χ3v) is 5.37. The lowest BCUT2D eigenvalue weighted by Gasteiger charge is -2.29. The number of hydrogen-bond donors (Lipinski definition) is 4. The Balaban J connectivity index is 3.20. The number of aryl methyl sites for hydroxylation is 1. The minimum Gasteiger partial charge on any atom is -0.481 e. The second kappa shape index (κ2) is 11.5. The molecule has 184 valence electrons. The maximum absolute atomic E-state index is 13.5. The Morgan fingerprint density at radius 2 is 1.73 bits per heavy atom. The maximum Gasteiger partial charge on any atom is 0.303 e. The molecule has 0 radical (unpaired) electrons. The number of hydrogen-bond acceptors (Lipinski definition) is 6. The number of aliphatic carboxylic acids is 1. The van der Waals surface area contributed by atoms with Gasteiger partial charge >= 0.3 is 5.97 Å². The lowest BCUT2D eigenvalue weighted by molar-refractivity contribution is -0.137. The molecule has 1 amide bonds. The smallest absolute Gasteiger partial charge is 0.303 e. The van der Waals surface area contributed by atoms with E-state index in [0.29, 0.717) is 17.4 Å². The summed E-state index contributed by atoms with van der Waals surface area (Å²) in [6.45, 7) is 13.1. The number of carboxylic acids is 1. The summed E-state index contributed by atoms with van der Waals surface area (Å²) in [4.78, 5) is 48.7. The van der Waals surface area contributed by atoms with E-state index in [-0.39, 0.29) is 25.0 Å². The van der Waals surface area contributed by atoms with Crippen molar-refractivity contribution in [2.24, 2.45) is 11.1 Å². The van der Waals surface area contributed by atoms with E-state index in [0.717, 1.165) is 5.56 Å². The zero-order valence-corrected chi connectivity index (χ0v) is 20.8. The van der Waals surface area contributed by atoms with E-state index in [1.807, 2.05) is 54.5 Å². The highest BCUT2D eigenvalue weighted by molar-refractivity contribution is 6.02. The average molecular weight is 462 g/mol. The first-order valence-corrected chi connectivity index (χ1v) is 11.2. The molecule has 0 aliphatic heterocycles. The quantitative estimate of drug-likeness (QED) is 0.293. The predicted octanol–water partition coefficient (Wildman–Crippen LogP) is 2.40. The molecule has 0 spiro atoms. The molecule has 1 rings (SSSR count). The monoisotopic (exact) mass is 461 g/mol. The number of carboxylic acid groups (broad SMARTS) is 1. The van der Waals surface area contributed by atoms with Gasteiger partial charge in [0.25, 0.3) is 0 Å². The molecule has 0 unspecified atom stereocenters. The van der Waals surface area contributed by atoms with Crippen LogP contribution in [0.1, 0.15) is 75.9 Å². The molecule has 0 bridgehead atoms. The molecule has 0 saturated carbocycles. The molecule has 0 aromatic heterocycles. The van der Waals surface area contributed by atoms with Gasteiger partial charge in [-0.3, -0.25) is 14.4 Å². The number of amides is 1. The fourth-order valence-corrected chi connectivity index (χ4v) is 3.48. The number of nitrogens with two attached hydrogens (primary N) is 1. The average Bonchev–Trinajstić information content (AvgIpc) is 2.68. The lowest BCUT2D eigenvalue weighted by Crippen LogP contribution is -2.51. The van der Waals surface area contributed by atoms with Crippen molar-refractivity contribution in [3.8, 4) is 0 Å². The van der Waals surface area contributed by atoms with Crippen molar-refractivity contribution in [3.63, 3.8) is 0 Å². The van der Waals surface area contributed by atoms with Crippen molar-refractivity contribution in [2.45, 2.75) is 91.4 Å². The maximum atomic E-state index is 13.5. The first-order valence-electron chi connectivity index (χ1n) is 11.2. The van der Waals surface area contributed by atoms with Crippen molar-refractivity contribution < 1.29 is 24.3 Å². The van der Waals surface area contributed by atoms with Gasteiger partial charge in [0.15, 0.2) is 5.78 Å². The molecule has 0 heterocycles. The highest BCUT2D eigenvalue weighted by Crippen LogP contribution is 2.21. The lowest BCUT2D eigenvalue weighted by atomic mass is 9.87. The summed E-state index contributed by atoms with van der Waals surface area (Å²) in [7, 11) is 0. The van der Waals surface area contributed by atoms with Gasteiger partial charge in [0, 0.05) is 17.5 Å². The van der Waals surface area contributed by atoms with Crippen LogP contribution >= 0.6 is 0 Å². The van der Waals surface area contributed by atoms with Crippen LogP contribution in [0, 0.1) is 12.3 Å². The fourth-order valence-electron chi connectivity index (χ4n) is 3.48. The molecule has 1 aromatic carbocycles. The Hall–Kier alpha value is -2.58. The molecule has 0 fully saturated rings. The fraction of sp³-hybridized carbons (Fsp3) is 0.600. The summed E-state index contributed by atoms with van der Waals surface area (Å²) >= 11 is 0. The minimum absolute atomic E-state index is 0.108. The van der Waals surface area contributed by atoms with Crippen molar-refractivity contribution in [1.82, 2.24) is 10.6 Å². The summed E-state index contributed by atoms with van der Waals surface area (Å²) in [6, 6.07) is 2.92. The molecule has 0 saturated heterocycles. The topological polar surface area (TPSA) is 139 Å². The largest absolute Gasteiger partial charge is 0.481 e. The van der Waals surface area contributed by atoms with Gasteiger partial charge in [-0.2, -0.15) is 0 Å². The van der Waals surface area contributed by atoms with Crippen LogP contribution in [-0.4, -0.2) is 52.7 Å². The first kappa shape index (κ1) is 28.5.